The summed E-state index contributed by atoms with van der Waals surface area (Å²) in [7, 11) is -4.02. The Hall–Kier alpha value is -4.24. The van der Waals surface area contributed by atoms with E-state index in [1.807, 2.05) is 63.2 Å². The number of nitrogens with two attached hydrogens (primary N) is 1. The minimum Gasteiger partial charge on any atom is -0.494 e. The third kappa shape index (κ3) is 4.07. The van der Waals surface area contributed by atoms with E-state index >= 15 is 0 Å². The molecule has 0 aliphatic heterocycles. The monoisotopic (exact) mass is 499 g/mol. The molecule has 36 heavy (non-hydrogen) atoms. The molecule has 8 nitrogen and oxygen atoms in total. The lowest BCUT2D eigenvalue weighted by atomic mass is 10.1. The fraction of sp³-hybridized carbons (Fsp3) is 0.148. The summed E-state index contributed by atoms with van der Waals surface area (Å²) in [5, 5.41) is 4.51. The Bertz CT molecular complexity index is 1740. The fourth-order valence-corrected chi connectivity index (χ4v) is 5.51. The van der Waals surface area contributed by atoms with Crippen LogP contribution in [-0.4, -0.2) is 35.9 Å². The van der Waals surface area contributed by atoms with Crippen LogP contribution < -0.4 is 10.5 Å². The molecule has 5 aromatic rings. The van der Waals surface area contributed by atoms with Crippen LogP contribution in [0, 0.1) is 13.8 Å². The Kier molecular flexibility index (Phi) is 5.93. The third-order valence-electron chi connectivity index (χ3n) is 6.00. The van der Waals surface area contributed by atoms with Crippen LogP contribution in [0.3, 0.4) is 0 Å². The second kappa shape index (κ2) is 9.09. The summed E-state index contributed by atoms with van der Waals surface area (Å²) in [6.07, 6.45) is 1.59. The van der Waals surface area contributed by atoms with Gasteiger partial charge in [0.25, 0.3) is 0 Å². The zero-order valence-electron chi connectivity index (χ0n) is 20.1. The zero-order chi connectivity index (χ0) is 25.4. The van der Waals surface area contributed by atoms with Crippen LogP contribution in [-0.2, 0) is 9.84 Å². The molecular weight excluding hydrogens is 474 g/mol. The first-order valence-electron chi connectivity index (χ1n) is 11.5. The number of rotatable bonds is 6. The quantitative estimate of drug-likeness (QED) is 0.333. The highest BCUT2D eigenvalue weighted by Gasteiger charge is 2.30. The molecule has 0 aliphatic carbocycles. The van der Waals surface area contributed by atoms with Gasteiger partial charge in [-0.2, -0.15) is 9.78 Å². The van der Waals surface area contributed by atoms with Crippen molar-refractivity contribution >= 4 is 44.1 Å². The number of hydrogen-bond donors (Lipinski definition) is 1. The molecule has 2 aromatic heterocycles. The molecule has 0 aliphatic rings. The van der Waals surface area contributed by atoms with Gasteiger partial charge in [-0.25, -0.2) is 18.4 Å². The molecule has 0 spiro atoms. The van der Waals surface area contributed by atoms with Gasteiger partial charge in [0, 0.05) is 0 Å². The van der Waals surface area contributed by atoms with E-state index in [4.69, 9.17) is 10.5 Å². The summed E-state index contributed by atoms with van der Waals surface area (Å²) >= 11 is 0. The number of sulfone groups is 1. The number of aromatic nitrogens is 3. The van der Waals surface area contributed by atoms with Gasteiger partial charge in [-0.05, 0) is 86.0 Å². The number of hydrogen-bond acceptors (Lipinski definition) is 7. The molecule has 0 atom stereocenters. The molecular formula is C27H25N5O3S. The van der Waals surface area contributed by atoms with Crippen LogP contribution in [0.2, 0.25) is 0 Å². The van der Waals surface area contributed by atoms with Crippen molar-refractivity contribution < 1.29 is 13.2 Å². The molecule has 0 radical (unpaired) electrons. The van der Waals surface area contributed by atoms with Crippen molar-refractivity contribution in [1.82, 2.24) is 14.6 Å². The first-order valence-corrected chi connectivity index (χ1v) is 12.9. The molecule has 5 rings (SSSR count). The van der Waals surface area contributed by atoms with Gasteiger partial charge in [-0.3, -0.25) is 0 Å². The average Bonchev–Trinajstić information content (AvgIpc) is 3.14. The van der Waals surface area contributed by atoms with Crippen LogP contribution in [0.4, 0.5) is 5.82 Å². The number of aryl methyl sites for hydroxylation is 2. The minimum absolute atomic E-state index is 0.0549. The predicted octanol–water partition coefficient (Wildman–Crippen LogP) is 4.90. The topological polar surface area (TPSA) is 112 Å². The van der Waals surface area contributed by atoms with Gasteiger partial charge in [0.05, 0.1) is 28.8 Å². The van der Waals surface area contributed by atoms with Gasteiger partial charge < -0.3 is 10.5 Å². The SMILES string of the molecule is CCOc1ccc(C=Nn2c(N)c(S(=O)(=O)c3ccc(C)c(C)c3)c3nc4ccccc4nc32)cc1. The summed E-state index contributed by atoms with van der Waals surface area (Å²) in [6.45, 7) is 6.29. The highest BCUT2D eigenvalue weighted by atomic mass is 32.2. The van der Waals surface area contributed by atoms with Crippen LogP contribution in [0.1, 0.15) is 23.6 Å². The molecule has 0 amide bonds. The normalized spacial score (nSPS) is 12.1. The largest absolute Gasteiger partial charge is 0.494 e. The van der Waals surface area contributed by atoms with E-state index in [1.54, 1.807) is 30.5 Å². The van der Waals surface area contributed by atoms with E-state index in [1.165, 1.54) is 4.68 Å². The molecule has 2 heterocycles. The maximum absolute atomic E-state index is 13.8. The van der Waals surface area contributed by atoms with Gasteiger partial charge in [-0.15, -0.1) is 0 Å². The Morgan fingerprint density at radius 2 is 1.67 bits per heavy atom. The number of nitrogen functional groups attached to an aromatic ring is 1. The van der Waals surface area contributed by atoms with E-state index in [9.17, 15) is 8.42 Å². The number of para-hydroxylation sites is 2. The van der Waals surface area contributed by atoms with E-state index in [-0.39, 0.29) is 26.8 Å². The second-order valence-corrected chi connectivity index (χ2v) is 10.3. The van der Waals surface area contributed by atoms with Gasteiger partial charge in [0.2, 0.25) is 9.84 Å². The van der Waals surface area contributed by atoms with E-state index < -0.39 is 9.84 Å². The molecule has 2 N–H and O–H groups in total. The summed E-state index contributed by atoms with van der Waals surface area (Å²) < 4.78 is 34.5. The Labute approximate surface area is 209 Å². The second-order valence-electron chi connectivity index (χ2n) is 8.41. The van der Waals surface area contributed by atoms with Crippen molar-refractivity contribution in [3.63, 3.8) is 0 Å². The molecule has 0 bridgehead atoms. The standard InChI is InChI=1S/C27H25N5O3S/c1-4-35-20-12-10-19(11-13-20)16-29-32-26(28)25(36(33,34)21-14-9-17(2)18(3)15-21)24-27(32)31-23-8-6-5-7-22(23)30-24/h5-16H,4,28H2,1-3H3. The number of fused-ring (bicyclic) bond motifs is 2. The first-order chi connectivity index (χ1) is 17.3. The summed E-state index contributed by atoms with van der Waals surface area (Å²) in [4.78, 5) is 9.35. The van der Waals surface area contributed by atoms with Gasteiger partial charge in [0.15, 0.2) is 5.65 Å². The summed E-state index contributed by atoms with van der Waals surface area (Å²) in [5.41, 5.74) is 10.7. The molecule has 0 saturated carbocycles. The molecule has 0 unspecified atom stereocenters. The maximum Gasteiger partial charge on any atom is 0.212 e. The Morgan fingerprint density at radius 3 is 2.33 bits per heavy atom. The fourth-order valence-electron chi connectivity index (χ4n) is 3.94. The molecule has 0 fully saturated rings. The lowest BCUT2D eigenvalue weighted by Gasteiger charge is -2.07. The van der Waals surface area contributed by atoms with Crippen molar-refractivity contribution in [1.29, 1.82) is 0 Å². The predicted molar refractivity (Wildman–Crippen MR) is 141 cm³/mol. The number of anilines is 1. The lowest BCUT2D eigenvalue weighted by molar-refractivity contribution is 0.340. The maximum atomic E-state index is 13.8. The molecule has 182 valence electrons. The van der Waals surface area contributed by atoms with Crippen LogP contribution in [0.15, 0.2) is 81.6 Å². The van der Waals surface area contributed by atoms with E-state index in [0.717, 1.165) is 22.4 Å². The first kappa shape index (κ1) is 23.5. The van der Waals surface area contributed by atoms with Crippen molar-refractivity contribution in [2.24, 2.45) is 5.10 Å². The molecule has 3 aromatic carbocycles. The highest BCUT2D eigenvalue weighted by molar-refractivity contribution is 7.92. The van der Waals surface area contributed by atoms with Crippen molar-refractivity contribution in [2.75, 3.05) is 12.3 Å². The molecule has 0 saturated heterocycles. The summed E-state index contributed by atoms with van der Waals surface area (Å²) in [6, 6.07) is 19.6. The lowest BCUT2D eigenvalue weighted by Crippen LogP contribution is -2.07. The highest BCUT2D eigenvalue weighted by Crippen LogP contribution is 2.35. The van der Waals surface area contributed by atoms with Crippen molar-refractivity contribution in [3.8, 4) is 5.75 Å². The molecule has 9 heteroatoms. The smallest absolute Gasteiger partial charge is 0.212 e. The number of ether oxygens (including phenoxy) is 1. The number of nitrogens with zero attached hydrogens (tertiary/aromatic N) is 4. The number of benzene rings is 3. The van der Waals surface area contributed by atoms with Gasteiger partial charge in [0.1, 0.15) is 22.0 Å². The zero-order valence-corrected chi connectivity index (χ0v) is 21.0. The van der Waals surface area contributed by atoms with Gasteiger partial charge in [-0.1, -0.05) is 18.2 Å². The minimum atomic E-state index is -4.02. The van der Waals surface area contributed by atoms with Gasteiger partial charge >= 0.3 is 0 Å². The third-order valence-corrected chi connectivity index (χ3v) is 7.81. The average molecular weight is 500 g/mol. The van der Waals surface area contributed by atoms with E-state index in [2.05, 4.69) is 15.1 Å². The summed E-state index contributed by atoms with van der Waals surface area (Å²) in [5.74, 6) is 0.695. The van der Waals surface area contributed by atoms with Crippen LogP contribution >= 0.6 is 0 Å². The van der Waals surface area contributed by atoms with Crippen LogP contribution in [0.25, 0.3) is 22.2 Å². The van der Waals surface area contributed by atoms with E-state index in [0.29, 0.717) is 17.6 Å². The Morgan fingerprint density at radius 1 is 0.972 bits per heavy atom. The van der Waals surface area contributed by atoms with Crippen molar-refractivity contribution in [3.05, 3.63) is 83.4 Å². The van der Waals surface area contributed by atoms with Crippen LogP contribution in [0.5, 0.6) is 5.75 Å². The Balaban J connectivity index is 1.72. The van der Waals surface area contributed by atoms with Crippen molar-refractivity contribution in [2.45, 2.75) is 30.6 Å².